The minimum Gasteiger partial charge on any atom is -0.491 e. The highest BCUT2D eigenvalue weighted by Gasteiger charge is 2.25. The molecule has 1 unspecified atom stereocenters. The maximum atomic E-state index is 9.88. The second-order valence-corrected chi connectivity index (χ2v) is 5.65. The predicted octanol–water partition coefficient (Wildman–Crippen LogP) is 2.38. The summed E-state index contributed by atoms with van der Waals surface area (Å²) in [5, 5.41) is 13.3. The van der Waals surface area contributed by atoms with Crippen LogP contribution in [0.4, 0.5) is 0 Å². The summed E-state index contributed by atoms with van der Waals surface area (Å²) in [7, 11) is 0. The van der Waals surface area contributed by atoms with E-state index in [9.17, 15) is 5.11 Å². The average molecular weight is 263 g/mol. The number of aliphatic hydroxyl groups excluding tert-OH is 1. The van der Waals surface area contributed by atoms with Crippen molar-refractivity contribution < 1.29 is 9.84 Å². The fourth-order valence-corrected chi connectivity index (χ4v) is 2.48. The maximum absolute atomic E-state index is 9.88. The zero-order valence-electron chi connectivity index (χ0n) is 11.9. The van der Waals surface area contributed by atoms with Crippen molar-refractivity contribution in [3.8, 4) is 5.75 Å². The first kappa shape index (κ1) is 14.4. The van der Waals surface area contributed by atoms with Crippen molar-refractivity contribution in [3.63, 3.8) is 0 Å². The van der Waals surface area contributed by atoms with Crippen molar-refractivity contribution in [1.82, 2.24) is 5.32 Å². The van der Waals surface area contributed by atoms with Gasteiger partial charge in [0.25, 0.3) is 0 Å². The van der Waals surface area contributed by atoms with Crippen LogP contribution in [-0.4, -0.2) is 30.4 Å². The number of nitrogens with one attached hydrogen (secondary N) is 1. The largest absolute Gasteiger partial charge is 0.491 e. The molecule has 0 heterocycles. The Hall–Kier alpha value is -1.06. The van der Waals surface area contributed by atoms with E-state index in [0.29, 0.717) is 19.2 Å². The summed E-state index contributed by atoms with van der Waals surface area (Å²) in [5.74, 6) is 1.68. The monoisotopic (exact) mass is 263 g/mol. The Morgan fingerprint density at radius 3 is 2.89 bits per heavy atom. The van der Waals surface area contributed by atoms with Crippen LogP contribution in [0.5, 0.6) is 5.75 Å². The van der Waals surface area contributed by atoms with Gasteiger partial charge in [0.05, 0.1) is 0 Å². The van der Waals surface area contributed by atoms with Crippen LogP contribution in [0, 0.1) is 5.92 Å². The molecule has 19 heavy (non-hydrogen) atoms. The molecule has 0 saturated heterocycles. The van der Waals surface area contributed by atoms with E-state index in [1.165, 1.54) is 18.4 Å². The summed E-state index contributed by atoms with van der Waals surface area (Å²) >= 11 is 0. The standard InChI is InChI=1S/C16H25NO2/c1-3-13-5-4-6-16(9-13)19-11-15(18)10-17-14-7-12(2)8-14/h4-6,9,12,14-15,17-18H,3,7-8,10-11H2,1-2H3. The molecule has 0 aliphatic heterocycles. The molecule has 0 radical (unpaired) electrons. The molecule has 106 valence electrons. The topological polar surface area (TPSA) is 41.5 Å². The number of ether oxygens (including phenoxy) is 1. The SMILES string of the molecule is CCc1cccc(OCC(O)CNC2CC(C)C2)c1. The Balaban J connectivity index is 1.66. The highest BCUT2D eigenvalue weighted by atomic mass is 16.5. The van der Waals surface area contributed by atoms with Crippen LogP contribution in [0.25, 0.3) is 0 Å². The van der Waals surface area contributed by atoms with Crippen LogP contribution < -0.4 is 10.1 Å². The molecule has 2 N–H and O–H groups in total. The van der Waals surface area contributed by atoms with Gasteiger partial charge >= 0.3 is 0 Å². The zero-order valence-corrected chi connectivity index (χ0v) is 11.9. The Labute approximate surface area is 116 Å². The van der Waals surface area contributed by atoms with E-state index in [1.807, 2.05) is 18.2 Å². The molecule has 1 aromatic carbocycles. The van der Waals surface area contributed by atoms with Crippen molar-refractivity contribution in [1.29, 1.82) is 0 Å². The lowest BCUT2D eigenvalue weighted by molar-refractivity contribution is 0.0955. The highest BCUT2D eigenvalue weighted by Crippen LogP contribution is 2.26. The van der Waals surface area contributed by atoms with Gasteiger partial charge in [-0.05, 0) is 42.9 Å². The van der Waals surface area contributed by atoms with Crippen molar-refractivity contribution in [2.45, 2.75) is 45.3 Å². The number of rotatable bonds is 7. The zero-order chi connectivity index (χ0) is 13.7. The number of hydrogen-bond donors (Lipinski definition) is 2. The molecule has 0 amide bonds. The van der Waals surface area contributed by atoms with Crippen LogP contribution in [0.2, 0.25) is 0 Å². The van der Waals surface area contributed by atoms with Crippen LogP contribution in [-0.2, 0) is 6.42 Å². The maximum Gasteiger partial charge on any atom is 0.119 e. The molecular weight excluding hydrogens is 238 g/mol. The van der Waals surface area contributed by atoms with Crippen LogP contribution in [0.1, 0.15) is 32.3 Å². The van der Waals surface area contributed by atoms with Gasteiger partial charge in [-0.15, -0.1) is 0 Å². The summed E-state index contributed by atoms with van der Waals surface area (Å²) < 4.78 is 5.63. The molecule has 2 rings (SSSR count). The molecule has 1 fully saturated rings. The van der Waals surface area contributed by atoms with Gasteiger partial charge in [0.15, 0.2) is 0 Å². The lowest BCUT2D eigenvalue weighted by Gasteiger charge is -2.34. The third kappa shape index (κ3) is 4.51. The smallest absolute Gasteiger partial charge is 0.119 e. The third-order valence-electron chi connectivity index (χ3n) is 3.77. The van der Waals surface area contributed by atoms with Gasteiger partial charge < -0.3 is 15.2 Å². The predicted molar refractivity (Wildman–Crippen MR) is 77.5 cm³/mol. The second-order valence-electron chi connectivity index (χ2n) is 5.65. The van der Waals surface area contributed by atoms with E-state index in [0.717, 1.165) is 18.1 Å². The molecule has 1 aliphatic rings. The summed E-state index contributed by atoms with van der Waals surface area (Å²) in [6.45, 7) is 5.35. The fraction of sp³-hybridized carbons (Fsp3) is 0.625. The molecule has 3 heteroatoms. The molecular formula is C16H25NO2. The quantitative estimate of drug-likeness (QED) is 0.793. The van der Waals surface area contributed by atoms with E-state index in [4.69, 9.17) is 4.74 Å². The Morgan fingerprint density at radius 2 is 2.21 bits per heavy atom. The van der Waals surface area contributed by atoms with Crippen molar-refractivity contribution in [3.05, 3.63) is 29.8 Å². The molecule has 0 aromatic heterocycles. The van der Waals surface area contributed by atoms with E-state index in [1.54, 1.807) is 0 Å². The molecule has 0 spiro atoms. The normalized spacial score (nSPS) is 23.7. The third-order valence-corrected chi connectivity index (χ3v) is 3.77. The van der Waals surface area contributed by atoms with Crippen LogP contribution in [0.3, 0.4) is 0 Å². The van der Waals surface area contributed by atoms with Crippen molar-refractivity contribution in [2.24, 2.45) is 5.92 Å². The van der Waals surface area contributed by atoms with Gasteiger partial charge in [-0.25, -0.2) is 0 Å². The minimum atomic E-state index is -0.443. The summed E-state index contributed by atoms with van der Waals surface area (Å²) in [5.41, 5.74) is 1.26. The lowest BCUT2D eigenvalue weighted by atomic mass is 9.82. The Morgan fingerprint density at radius 1 is 1.42 bits per heavy atom. The number of benzene rings is 1. The molecule has 1 aromatic rings. The Kier molecular flexibility index (Phi) is 5.23. The molecule has 3 nitrogen and oxygen atoms in total. The Bertz CT molecular complexity index is 388. The number of aliphatic hydroxyl groups is 1. The molecule has 0 bridgehead atoms. The van der Waals surface area contributed by atoms with Gasteiger partial charge in [-0.3, -0.25) is 0 Å². The first-order valence-corrected chi connectivity index (χ1v) is 7.30. The summed E-state index contributed by atoms with van der Waals surface area (Å²) in [6.07, 6.45) is 3.01. The molecule has 1 saturated carbocycles. The van der Waals surface area contributed by atoms with Gasteiger partial charge in [-0.2, -0.15) is 0 Å². The van der Waals surface area contributed by atoms with E-state index in [-0.39, 0.29) is 0 Å². The van der Waals surface area contributed by atoms with Gasteiger partial charge in [0.2, 0.25) is 0 Å². The van der Waals surface area contributed by atoms with Gasteiger partial charge in [-0.1, -0.05) is 26.0 Å². The molecule has 1 atom stereocenters. The summed E-state index contributed by atoms with van der Waals surface area (Å²) in [6, 6.07) is 8.64. The van der Waals surface area contributed by atoms with E-state index >= 15 is 0 Å². The van der Waals surface area contributed by atoms with Crippen molar-refractivity contribution >= 4 is 0 Å². The van der Waals surface area contributed by atoms with Crippen LogP contribution in [0.15, 0.2) is 24.3 Å². The van der Waals surface area contributed by atoms with Crippen LogP contribution >= 0.6 is 0 Å². The van der Waals surface area contributed by atoms with Gasteiger partial charge in [0.1, 0.15) is 18.5 Å². The average Bonchev–Trinajstić information content (AvgIpc) is 2.40. The number of aryl methyl sites for hydroxylation is 1. The minimum absolute atomic E-state index is 0.350. The van der Waals surface area contributed by atoms with E-state index in [2.05, 4.69) is 25.2 Å². The van der Waals surface area contributed by atoms with E-state index < -0.39 is 6.10 Å². The second kappa shape index (κ2) is 6.92. The number of hydrogen-bond acceptors (Lipinski definition) is 3. The van der Waals surface area contributed by atoms with Crippen molar-refractivity contribution in [2.75, 3.05) is 13.2 Å². The lowest BCUT2D eigenvalue weighted by Crippen LogP contribution is -2.44. The highest BCUT2D eigenvalue weighted by molar-refractivity contribution is 5.28. The summed E-state index contributed by atoms with van der Waals surface area (Å²) in [4.78, 5) is 0. The molecule has 1 aliphatic carbocycles. The fourth-order valence-electron chi connectivity index (χ4n) is 2.48. The first-order chi connectivity index (χ1) is 9.17. The van der Waals surface area contributed by atoms with Gasteiger partial charge in [0, 0.05) is 12.6 Å². The first-order valence-electron chi connectivity index (χ1n) is 7.30.